The van der Waals surface area contributed by atoms with E-state index in [4.69, 9.17) is 0 Å². The zero-order chi connectivity index (χ0) is 83.6. The average Bonchev–Trinajstić information content (AvgIpc) is 1.69. The molecule has 124 heavy (non-hydrogen) atoms. The van der Waals surface area contributed by atoms with Gasteiger partial charge in [0.1, 0.15) is 0 Å². The fourth-order valence-electron chi connectivity index (χ4n) is 19.0. The normalized spacial score (nSPS) is 11.8. The smallest absolute Gasteiger partial charge is 0.0541 e. The van der Waals surface area contributed by atoms with Crippen LogP contribution in [-0.2, 0) is 10.8 Å². The zero-order valence-corrected chi connectivity index (χ0v) is 70.5. The summed E-state index contributed by atoms with van der Waals surface area (Å²) in [7, 11) is 0. The number of anilines is 6. The molecule has 0 N–H and O–H groups in total. The van der Waals surface area contributed by atoms with E-state index in [0.717, 1.165) is 34.1 Å². The summed E-state index contributed by atoms with van der Waals surface area (Å²) in [5.41, 5.74) is 31.3. The molecule has 0 aliphatic heterocycles. The van der Waals surface area contributed by atoms with Crippen LogP contribution in [0.15, 0.2) is 449 Å². The number of aromatic nitrogens is 2. The minimum atomic E-state index is 0.00565. The van der Waals surface area contributed by atoms with Gasteiger partial charge in [-0.05, 0) is 265 Å². The van der Waals surface area contributed by atoms with E-state index >= 15 is 0 Å². The molecule has 0 saturated carbocycles. The topological polar surface area (TPSA) is 16.3 Å². The molecule has 0 unspecified atom stereocenters. The van der Waals surface area contributed by atoms with Crippen molar-refractivity contribution in [3.63, 3.8) is 0 Å². The first-order valence-electron chi connectivity index (χ1n) is 43.2. The summed E-state index contributed by atoms with van der Waals surface area (Å²) in [4.78, 5) is 4.78. The molecule has 4 nitrogen and oxygen atoms in total. The maximum absolute atomic E-state index is 2.40. The van der Waals surface area contributed by atoms with Gasteiger partial charge in [-0.25, -0.2) is 0 Å². The highest BCUT2D eigenvalue weighted by Crippen LogP contribution is 2.49. The van der Waals surface area contributed by atoms with Crippen LogP contribution in [0.4, 0.5) is 34.1 Å². The molecule has 22 rings (SSSR count). The van der Waals surface area contributed by atoms with Crippen LogP contribution in [0.1, 0.15) is 52.7 Å². The van der Waals surface area contributed by atoms with Gasteiger partial charge in [-0.2, -0.15) is 0 Å². The molecule has 592 valence electrons. The van der Waals surface area contributed by atoms with E-state index in [1.807, 2.05) is 0 Å². The summed E-state index contributed by atoms with van der Waals surface area (Å²) in [5.74, 6) is 0. The van der Waals surface area contributed by atoms with Crippen LogP contribution in [0.25, 0.3) is 165 Å². The maximum Gasteiger partial charge on any atom is 0.0541 e. The Morgan fingerprint density at radius 2 is 0.411 bits per heavy atom. The van der Waals surface area contributed by atoms with Gasteiger partial charge in [0.15, 0.2) is 0 Å². The van der Waals surface area contributed by atoms with E-state index in [2.05, 4.69) is 509 Å². The van der Waals surface area contributed by atoms with E-state index in [0.29, 0.717) is 0 Å². The van der Waals surface area contributed by atoms with Gasteiger partial charge in [0.05, 0.1) is 22.1 Å². The third kappa shape index (κ3) is 13.9. The fraction of sp³-hybridized carbons (Fsp3) is 0.0667. The van der Waals surface area contributed by atoms with Crippen LogP contribution < -0.4 is 9.80 Å². The van der Waals surface area contributed by atoms with Crippen molar-refractivity contribution >= 4 is 121 Å². The molecule has 0 atom stereocenters. The lowest BCUT2D eigenvalue weighted by molar-refractivity contribution is 0.590. The largest absolute Gasteiger partial charge is 0.311 e. The molecular formula is C120H92N4. The van der Waals surface area contributed by atoms with Crippen molar-refractivity contribution in [1.29, 1.82) is 0 Å². The Balaban J connectivity index is 0.000000152. The van der Waals surface area contributed by atoms with Gasteiger partial charge in [0.2, 0.25) is 0 Å². The first-order chi connectivity index (χ1) is 60.8. The van der Waals surface area contributed by atoms with E-state index < -0.39 is 0 Å². The van der Waals surface area contributed by atoms with Crippen molar-refractivity contribution in [1.82, 2.24) is 9.13 Å². The van der Waals surface area contributed by atoms with E-state index in [9.17, 15) is 0 Å². The highest BCUT2D eigenvalue weighted by Gasteiger charge is 2.25. The molecule has 0 spiro atoms. The lowest BCUT2D eigenvalue weighted by Gasteiger charge is -2.28. The summed E-state index contributed by atoms with van der Waals surface area (Å²) in [6, 6.07) is 164. The van der Waals surface area contributed by atoms with E-state index in [1.54, 1.807) is 0 Å². The molecule has 0 bridgehead atoms. The Morgan fingerprint density at radius 3 is 0.734 bits per heavy atom. The van der Waals surface area contributed by atoms with Gasteiger partial charge in [-0.3, -0.25) is 0 Å². The molecule has 0 amide bonds. The Labute approximate surface area is 725 Å². The second-order valence-electron chi connectivity index (χ2n) is 34.7. The number of para-hydroxylation sites is 4. The number of nitrogens with zero attached hydrogens (tertiary/aromatic N) is 4. The highest BCUT2D eigenvalue weighted by molar-refractivity contribution is 6.23. The summed E-state index contributed by atoms with van der Waals surface area (Å²) >= 11 is 0. The Morgan fingerprint density at radius 1 is 0.161 bits per heavy atom. The van der Waals surface area contributed by atoms with Gasteiger partial charge in [-0.1, -0.05) is 357 Å². The summed E-state index contributed by atoms with van der Waals surface area (Å²) in [6.45, 7) is 13.7. The van der Waals surface area contributed by atoms with E-state index in [1.165, 1.54) is 176 Å². The minimum Gasteiger partial charge on any atom is -0.311 e. The maximum atomic E-state index is 2.40. The number of fused-ring (bicyclic) bond motifs is 10. The zero-order valence-electron chi connectivity index (χ0n) is 70.5. The molecule has 2 aromatic heterocycles. The third-order valence-electron chi connectivity index (χ3n) is 25.1. The third-order valence-corrected chi connectivity index (χ3v) is 25.1. The standard InChI is InChI=1S/2C60H46N2/c1-60(2,3)45-19-16-22-49(40-45)61(47-34-29-41(30-35-47)44-33-38-57-55(39-44)50-23-14-15-28-56(50)62(57)46-20-8-5-9-21-46)48-36-31-43(32-37-48)59-53-26-12-10-24-51(53)58(42-17-6-4-7-18-42)52-25-11-13-27-54(52)59;1-60(2,3)45-31-37-49(38-32-45)61(47-33-26-41(27-34-47)44-30-39-57-55(40-44)50-20-14-15-25-56(50)62(57)46-18-8-5-9-19-46)48-35-28-43(29-36-48)59-53-23-12-10-21-51(53)58(42-16-6-4-7-17-42)52-22-11-13-24-54(52)59/h2*4-40H,1-3H3. The lowest BCUT2D eigenvalue weighted by Crippen LogP contribution is -2.14. The molecule has 0 radical (unpaired) electrons. The van der Waals surface area contributed by atoms with Crippen LogP contribution in [0.5, 0.6) is 0 Å². The number of rotatable bonds is 14. The Bertz CT molecular complexity index is 7610. The van der Waals surface area contributed by atoms with Crippen molar-refractivity contribution < 1.29 is 0 Å². The van der Waals surface area contributed by atoms with Crippen LogP contribution in [0, 0.1) is 0 Å². The highest BCUT2D eigenvalue weighted by atomic mass is 15.1. The first-order valence-corrected chi connectivity index (χ1v) is 43.2. The number of benzene rings is 20. The van der Waals surface area contributed by atoms with Gasteiger partial charge >= 0.3 is 0 Å². The Hall–Kier alpha value is -15.4. The molecule has 22 aromatic rings. The van der Waals surface area contributed by atoms with E-state index in [-0.39, 0.29) is 10.8 Å². The minimum absolute atomic E-state index is 0.00565. The lowest BCUT2D eigenvalue weighted by atomic mass is 9.86. The molecule has 0 saturated heterocycles. The molecular weight excluding hydrogens is 1500 g/mol. The number of hydrogen-bond donors (Lipinski definition) is 0. The molecule has 4 heteroatoms. The van der Waals surface area contributed by atoms with Gasteiger partial charge in [0, 0.05) is 67.0 Å². The summed E-state index contributed by atoms with van der Waals surface area (Å²) in [6.07, 6.45) is 0. The van der Waals surface area contributed by atoms with Crippen molar-refractivity contribution in [3.05, 3.63) is 460 Å². The van der Waals surface area contributed by atoms with Gasteiger partial charge in [-0.15, -0.1) is 0 Å². The van der Waals surface area contributed by atoms with Crippen LogP contribution in [0.2, 0.25) is 0 Å². The van der Waals surface area contributed by atoms with Gasteiger partial charge < -0.3 is 18.9 Å². The van der Waals surface area contributed by atoms with Crippen molar-refractivity contribution in [2.45, 2.75) is 52.4 Å². The predicted molar refractivity (Wildman–Crippen MR) is 531 cm³/mol. The summed E-state index contributed by atoms with van der Waals surface area (Å²) in [5, 5.41) is 15.1. The quantitative estimate of drug-likeness (QED) is 0.101. The van der Waals surface area contributed by atoms with Crippen molar-refractivity contribution in [3.8, 4) is 78.1 Å². The van der Waals surface area contributed by atoms with Gasteiger partial charge in [0.25, 0.3) is 0 Å². The van der Waals surface area contributed by atoms with Crippen LogP contribution >= 0.6 is 0 Å². The Kier molecular flexibility index (Phi) is 19.4. The number of hydrogen-bond acceptors (Lipinski definition) is 2. The molecule has 2 heterocycles. The van der Waals surface area contributed by atoms with Crippen LogP contribution in [0.3, 0.4) is 0 Å². The predicted octanol–water partition coefficient (Wildman–Crippen LogP) is 33.7. The van der Waals surface area contributed by atoms with Crippen LogP contribution in [-0.4, -0.2) is 9.13 Å². The second-order valence-corrected chi connectivity index (χ2v) is 34.7. The monoisotopic (exact) mass is 1590 g/mol. The molecule has 0 aliphatic rings. The summed E-state index contributed by atoms with van der Waals surface area (Å²) < 4.78 is 4.74. The first kappa shape index (κ1) is 76.1. The van der Waals surface area contributed by atoms with Crippen molar-refractivity contribution in [2.75, 3.05) is 9.80 Å². The second kappa shape index (κ2) is 31.7. The molecule has 20 aromatic carbocycles. The van der Waals surface area contributed by atoms with Crippen molar-refractivity contribution in [2.24, 2.45) is 0 Å². The molecule has 0 aliphatic carbocycles. The molecule has 0 fully saturated rings. The SMILES string of the molecule is CC(C)(C)c1ccc(N(c2ccc(-c3ccc4c(c3)c3ccccc3n4-c3ccccc3)cc2)c2ccc(-c3c4ccccc4c(-c4ccccc4)c4ccccc34)cc2)cc1.CC(C)(C)c1cccc(N(c2ccc(-c3ccc4c(c3)c3ccccc3n4-c3ccccc3)cc2)c2ccc(-c3c4ccccc4c(-c4ccccc4)c4ccccc34)cc2)c1. The fourth-order valence-corrected chi connectivity index (χ4v) is 19.0. The average molecular weight is 1590 g/mol.